The fourth-order valence-corrected chi connectivity index (χ4v) is 2.29. The molecule has 0 fully saturated rings. The Labute approximate surface area is 94.4 Å². The lowest BCUT2D eigenvalue weighted by atomic mass is 9.99. The molecule has 0 radical (unpaired) electrons. The van der Waals surface area contributed by atoms with Gasteiger partial charge in [-0.15, -0.1) is 0 Å². The van der Waals surface area contributed by atoms with Crippen LogP contribution in [0.2, 0.25) is 0 Å². The molecule has 1 atom stereocenters. The van der Waals surface area contributed by atoms with Crippen molar-refractivity contribution in [3.05, 3.63) is 0 Å². The summed E-state index contributed by atoms with van der Waals surface area (Å²) >= 11 is 1.96. The fourth-order valence-electron chi connectivity index (χ4n) is 1.80. The smallest absolute Gasteiger partial charge is 0.00693 e. The molecule has 0 bridgehead atoms. The summed E-state index contributed by atoms with van der Waals surface area (Å²) in [5, 5.41) is 3.58. The highest BCUT2D eigenvalue weighted by Gasteiger charge is 2.08. The maximum Gasteiger partial charge on any atom is 0.00693 e. The molecule has 0 saturated heterocycles. The van der Waals surface area contributed by atoms with Crippen LogP contribution >= 0.6 is 11.8 Å². The summed E-state index contributed by atoms with van der Waals surface area (Å²) in [5.41, 5.74) is 0. The summed E-state index contributed by atoms with van der Waals surface area (Å²) in [6.45, 7) is 7.94. The van der Waals surface area contributed by atoms with Gasteiger partial charge in [-0.2, -0.15) is 11.8 Å². The quantitative estimate of drug-likeness (QED) is 0.593. The van der Waals surface area contributed by atoms with Gasteiger partial charge in [-0.25, -0.2) is 0 Å². The van der Waals surface area contributed by atoms with Gasteiger partial charge in [-0.1, -0.05) is 27.2 Å². The molecule has 1 unspecified atom stereocenters. The minimum Gasteiger partial charge on any atom is -0.314 e. The van der Waals surface area contributed by atoms with E-state index in [1.54, 1.807) is 0 Å². The zero-order valence-electron chi connectivity index (χ0n) is 10.3. The van der Waals surface area contributed by atoms with Crippen molar-refractivity contribution in [1.29, 1.82) is 0 Å². The van der Waals surface area contributed by atoms with Gasteiger partial charge in [-0.3, -0.25) is 0 Å². The molecule has 1 N–H and O–H groups in total. The van der Waals surface area contributed by atoms with Crippen molar-refractivity contribution in [1.82, 2.24) is 5.32 Å². The van der Waals surface area contributed by atoms with Crippen molar-refractivity contribution in [2.75, 3.05) is 18.6 Å². The Morgan fingerprint density at radius 1 is 1.21 bits per heavy atom. The highest BCUT2D eigenvalue weighted by atomic mass is 32.2. The minimum atomic E-state index is 0.752. The van der Waals surface area contributed by atoms with Crippen LogP contribution in [0.4, 0.5) is 0 Å². The number of hydrogen-bond donors (Lipinski definition) is 1. The SMILES string of the molecule is CCNC(CCCCSC)CC(C)C. The second-order valence-electron chi connectivity index (χ2n) is 4.37. The number of thioether (sulfide) groups is 1. The zero-order valence-corrected chi connectivity index (χ0v) is 11.1. The third-order valence-corrected chi connectivity index (χ3v) is 3.10. The van der Waals surface area contributed by atoms with E-state index in [0.29, 0.717) is 0 Å². The molecule has 86 valence electrons. The first-order chi connectivity index (χ1) is 6.70. The van der Waals surface area contributed by atoms with Crippen LogP contribution < -0.4 is 5.32 Å². The van der Waals surface area contributed by atoms with Gasteiger partial charge in [0, 0.05) is 6.04 Å². The summed E-state index contributed by atoms with van der Waals surface area (Å²) in [4.78, 5) is 0. The van der Waals surface area contributed by atoms with E-state index in [0.717, 1.165) is 18.5 Å². The number of rotatable bonds is 9. The first-order valence-electron chi connectivity index (χ1n) is 5.93. The van der Waals surface area contributed by atoms with E-state index in [-0.39, 0.29) is 0 Å². The van der Waals surface area contributed by atoms with E-state index in [2.05, 4.69) is 32.3 Å². The van der Waals surface area contributed by atoms with Crippen LogP contribution in [0.25, 0.3) is 0 Å². The van der Waals surface area contributed by atoms with Crippen molar-refractivity contribution < 1.29 is 0 Å². The van der Waals surface area contributed by atoms with Crippen LogP contribution in [0.3, 0.4) is 0 Å². The highest BCUT2D eigenvalue weighted by Crippen LogP contribution is 2.12. The molecule has 0 aromatic rings. The van der Waals surface area contributed by atoms with Gasteiger partial charge in [0.25, 0.3) is 0 Å². The van der Waals surface area contributed by atoms with E-state index in [1.165, 1.54) is 31.4 Å². The second-order valence-corrected chi connectivity index (χ2v) is 5.36. The molecule has 1 nitrogen and oxygen atoms in total. The molecule has 0 aliphatic carbocycles. The Hall–Kier alpha value is 0.310. The van der Waals surface area contributed by atoms with Gasteiger partial charge in [0.15, 0.2) is 0 Å². The fraction of sp³-hybridized carbons (Fsp3) is 1.00. The normalized spacial score (nSPS) is 13.5. The van der Waals surface area contributed by atoms with Crippen molar-refractivity contribution in [3.63, 3.8) is 0 Å². The van der Waals surface area contributed by atoms with E-state index in [1.807, 2.05) is 11.8 Å². The minimum absolute atomic E-state index is 0.752. The van der Waals surface area contributed by atoms with Crippen LogP contribution in [-0.2, 0) is 0 Å². The molecular weight excluding hydrogens is 190 g/mol. The Balaban J connectivity index is 3.51. The monoisotopic (exact) mass is 217 g/mol. The van der Waals surface area contributed by atoms with E-state index in [9.17, 15) is 0 Å². The van der Waals surface area contributed by atoms with Crippen LogP contribution in [0, 0.1) is 5.92 Å². The number of unbranched alkanes of at least 4 members (excludes halogenated alkanes) is 1. The average Bonchev–Trinajstić information content (AvgIpc) is 2.12. The van der Waals surface area contributed by atoms with Gasteiger partial charge in [0.2, 0.25) is 0 Å². The number of hydrogen-bond acceptors (Lipinski definition) is 2. The standard InChI is InChI=1S/C12H27NS/c1-5-13-12(10-11(2)3)8-6-7-9-14-4/h11-13H,5-10H2,1-4H3. The zero-order chi connectivity index (χ0) is 10.8. The Bertz CT molecular complexity index is 115. The van der Waals surface area contributed by atoms with Crippen LogP contribution in [0.15, 0.2) is 0 Å². The predicted octanol–water partition coefficient (Wildman–Crippen LogP) is 3.54. The molecule has 0 heterocycles. The van der Waals surface area contributed by atoms with Gasteiger partial charge in [0.1, 0.15) is 0 Å². The van der Waals surface area contributed by atoms with E-state index >= 15 is 0 Å². The first kappa shape index (κ1) is 14.3. The molecule has 0 aliphatic heterocycles. The summed E-state index contributed by atoms with van der Waals surface area (Å²) in [7, 11) is 0. The van der Waals surface area contributed by atoms with Crippen LogP contribution in [0.1, 0.15) is 46.5 Å². The molecule has 0 aromatic carbocycles. The summed E-state index contributed by atoms with van der Waals surface area (Å²) in [6.07, 6.45) is 7.63. The summed E-state index contributed by atoms with van der Waals surface area (Å²) in [6, 6.07) is 0.752. The molecule has 0 spiro atoms. The lowest BCUT2D eigenvalue weighted by Crippen LogP contribution is -2.30. The third-order valence-electron chi connectivity index (χ3n) is 2.40. The predicted molar refractivity (Wildman–Crippen MR) is 69.2 cm³/mol. The number of nitrogens with one attached hydrogen (secondary N) is 1. The maximum atomic E-state index is 3.58. The Kier molecular flexibility index (Phi) is 10.1. The summed E-state index contributed by atoms with van der Waals surface area (Å²) in [5.74, 6) is 2.14. The molecule has 14 heavy (non-hydrogen) atoms. The largest absolute Gasteiger partial charge is 0.314 e. The van der Waals surface area contributed by atoms with E-state index < -0.39 is 0 Å². The Morgan fingerprint density at radius 2 is 1.93 bits per heavy atom. The molecule has 0 rings (SSSR count). The summed E-state index contributed by atoms with van der Waals surface area (Å²) < 4.78 is 0. The lowest BCUT2D eigenvalue weighted by molar-refractivity contribution is 0.396. The Morgan fingerprint density at radius 3 is 2.43 bits per heavy atom. The highest BCUT2D eigenvalue weighted by molar-refractivity contribution is 7.98. The van der Waals surface area contributed by atoms with E-state index in [4.69, 9.17) is 0 Å². The topological polar surface area (TPSA) is 12.0 Å². The van der Waals surface area contributed by atoms with Crippen molar-refractivity contribution in [2.24, 2.45) is 5.92 Å². The van der Waals surface area contributed by atoms with Gasteiger partial charge in [-0.05, 0) is 43.7 Å². The van der Waals surface area contributed by atoms with Crippen LogP contribution in [-0.4, -0.2) is 24.6 Å². The van der Waals surface area contributed by atoms with Crippen molar-refractivity contribution >= 4 is 11.8 Å². The van der Waals surface area contributed by atoms with Crippen molar-refractivity contribution in [2.45, 2.75) is 52.5 Å². The first-order valence-corrected chi connectivity index (χ1v) is 7.32. The third kappa shape index (κ3) is 8.89. The molecule has 0 saturated carbocycles. The van der Waals surface area contributed by atoms with Crippen molar-refractivity contribution in [3.8, 4) is 0 Å². The second kappa shape index (κ2) is 9.85. The molecule has 0 amide bonds. The average molecular weight is 217 g/mol. The lowest BCUT2D eigenvalue weighted by Gasteiger charge is -2.19. The van der Waals surface area contributed by atoms with Crippen LogP contribution in [0.5, 0.6) is 0 Å². The molecular formula is C12H27NS. The van der Waals surface area contributed by atoms with Gasteiger partial charge >= 0.3 is 0 Å². The van der Waals surface area contributed by atoms with Gasteiger partial charge < -0.3 is 5.32 Å². The maximum absolute atomic E-state index is 3.58. The molecule has 2 heteroatoms. The molecule has 0 aliphatic rings. The van der Waals surface area contributed by atoms with Gasteiger partial charge in [0.05, 0.1) is 0 Å². The molecule has 0 aromatic heterocycles.